The predicted molar refractivity (Wildman–Crippen MR) is 107 cm³/mol. The molecule has 26 heavy (non-hydrogen) atoms. The highest BCUT2D eigenvalue weighted by Crippen LogP contribution is 2.30. The van der Waals surface area contributed by atoms with E-state index in [0.717, 1.165) is 23.6 Å². The molecule has 2 aromatic rings. The third-order valence-corrected chi connectivity index (χ3v) is 5.34. The van der Waals surface area contributed by atoms with Gasteiger partial charge in [-0.15, -0.1) is 0 Å². The summed E-state index contributed by atoms with van der Waals surface area (Å²) < 4.78 is 0. The van der Waals surface area contributed by atoms with Gasteiger partial charge in [0.1, 0.15) is 0 Å². The molecular weight excluding hydrogens is 322 g/mol. The molecule has 2 amide bonds. The predicted octanol–water partition coefficient (Wildman–Crippen LogP) is 5.97. The molecule has 0 spiro atoms. The highest BCUT2D eigenvalue weighted by Gasteiger charge is 2.31. The van der Waals surface area contributed by atoms with Gasteiger partial charge in [0, 0.05) is 23.1 Å². The number of amides is 2. The molecule has 0 aromatic heterocycles. The standard InChI is InChI=1S/C23H29NO2/c1-2-3-4-5-6-7-8-9-10-17-24-22(25)19-15-11-13-18-14-12-16-20(21(18)19)23(24)26/h11-16H,2-10,17H2,1H3. The fraction of sp³-hybridized carbons (Fsp3) is 0.478. The van der Waals surface area contributed by atoms with Crippen molar-refractivity contribution < 1.29 is 9.59 Å². The largest absolute Gasteiger partial charge is 0.274 e. The molecule has 1 aliphatic rings. The molecule has 3 nitrogen and oxygen atoms in total. The molecule has 3 rings (SSSR count). The molecule has 0 N–H and O–H groups in total. The highest BCUT2D eigenvalue weighted by atomic mass is 16.2. The number of nitrogens with zero attached hydrogens (tertiary/aromatic N) is 1. The normalized spacial score (nSPS) is 13.7. The Morgan fingerprint density at radius 1 is 0.692 bits per heavy atom. The van der Waals surface area contributed by atoms with Crippen molar-refractivity contribution in [3.63, 3.8) is 0 Å². The summed E-state index contributed by atoms with van der Waals surface area (Å²) in [5, 5.41) is 1.78. The van der Waals surface area contributed by atoms with Gasteiger partial charge in [-0.05, 0) is 23.9 Å². The van der Waals surface area contributed by atoms with E-state index in [1.54, 1.807) is 0 Å². The molecular formula is C23H29NO2. The molecule has 0 bridgehead atoms. The van der Waals surface area contributed by atoms with Crippen molar-refractivity contribution in [3.8, 4) is 0 Å². The van der Waals surface area contributed by atoms with E-state index in [2.05, 4.69) is 6.92 Å². The Kier molecular flexibility index (Phi) is 6.43. The Hall–Kier alpha value is -2.16. The van der Waals surface area contributed by atoms with Crippen molar-refractivity contribution >= 4 is 22.6 Å². The molecule has 0 fully saturated rings. The van der Waals surface area contributed by atoms with Crippen LogP contribution in [0.25, 0.3) is 10.8 Å². The lowest BCUT2D eigenvalue weighted by Crippen LogP contribution is -2.40. The summed E-state index contributed by atoms with van der Waals surface area (Å²) in [7, 11) is 0. The lowest BCUT2D eigenvalue weighted by Gasteiger charge is -2.27. The van der Waals surface area contributed by atoms with E-state index in [1.807, 2.05) is 36.4 Å². The zero-order valence-electron chi connectivity index (χ0n) is 15.8. The number of hydrogen-bond donors (Lipinski definition) is 0. The van der Waals surface area contributed by atoms with Gasteiger partial charge in [0.05, 0.1) is 0 Å². The van der Waals surface area contributed by atoms with Crippen molar-refractivity contribution in [2.75, 3.05) is 6.54 Å². The zero-order chi connectivity index (χ0) is 18.4. The maximum Gasteiger partial charge on any atom is 0.261 e. The van der Waals surface area contributed by atoms with E-state index in [1.165, 1.54) is 49.8 Å². The van der Waals surface area contributed by atoms with Crippen LogP contribution in [0.5, 0.6) is 0 Å². The molecule has 1 aliphatic heterocycles. The minimum Gasteiger partial charge on any atom is -0.274 e. The lowest BCUT2D eigenvalue weighted by atomic mass is 9.94. The summed E-state index contributed by atoms with van der Waals surface area (Å²) in [4.78, 5) is 27.0. The second-order valence-electron chi connectivity index (χ2n) is 7.30. The van der Waals surface area contributed by atoms with Gasteiger partial charge in [-0.2, -0.15) is 0 Å². The highest BCUT2D eigenvalue weighted by molar-refractivity contribution is 6.25. The first-order valence-electron chi connectivity index (χ1n) is 10.1. The van der Waals surface area contributed by atoms with Gasteiger partial charge in [-0.25, -0.2) is 0 Å². The summed E-state index contributed by atoms with van der Waals surface area (Å²) in [5.41, 5.74) is 1.32. The van der Waals surface area contributed by atoms with E-state index in [9.17, 15) is 9.59 Å². The summed E-state index contributed by atoms with van der Waals surface area (Å²) in [6.07, 6.45) is 11.0. The number of rotatable bonds is 10. The number of imide groups is 1. The average molecular weight is 351 g/mol. The average Bonchev–Trinajstić information content (AvgIpc) is 2.67. The van der Waals surface area contributed by atoms with Gasteiger partial charge in [-0.3, -0.25) is 14.5 Å². The Balaban J connectivity index is 1.53. The Morgan fingerprint density at radius 2 is 1.19 bits per heavy atom. The first-order chi connectivity index (χ1) is 12.7. The van der Waals surface area contributed by atoms with Crippen molar-refractivity contribution in [1.82, 2.24) is 4.90 Å². The maximum absolute atomic E-state index is 12.8. The second kappa shape index (κ2) is 8.98. The van der Waals surface area contributed by atoms with Crippen LogP contribution in [0.15, 0.2) is 36.4 Å². The van der Waals surface area contributed by atoms with Crippen LogP contribution in [0.3, 0.4) is 0 Å². The second-order valence-corrected chi connectivity index (χ2v) is 7.30. The molecule has 3 heteroatoms. The van der Waals surface area contributed by atoms with E-state index in [0.29, 0.717) is 17.7 Å². The molecule has 0 saturated carbocycles. The van der Waals surface area contributed by atoms with Crippen LogP contribution >= 0.6 is 0 Å². The van der Waals surface area contributed by atoms with Crippen LogP contribution in [0, 0.1) is 0 Å². The van der Waals surface area contributed by atoms with Crippen molar-refractivity contribution in [2.24, 2.45) is 0 Å². The fourth-order valence-corrected chi connectivity index (χ4v) is 3.86. The smallest absolute Gasteiger partial charge is 0.261 e. The summed E-state index contributed by atoms with van der Waals surface area (Å²) in [5.74, 6) is -0.280. The van der Waals surface area contributed by atoms with Crippen LogP contribution in [-0.2, 0) is 0 Å². The van der Waals surface area contributed by atoms with Gasteiger partial charge >= 0.3 is 0 Å². The number of carbonyl (C=O) groups excluding carboxylic acids is 2. The van der Waals surface area contributed by atoms with Gasteiger partial charge in [0.15, 0.2) is 0 Å². The summed E-state index contributed by atoms with van der Waals surface area (Å²) >= 11 is 0. The maximum atomic E-state index is 12.8. The summed E-state index contributed by atoms with van der Waals surface area (Å²) in [6.45, 7) is 2.76. The monoisotopic (exact) mass is 351 g/mol. The molecule has 0 atom stereocenters. The van der Waals surface area contributed by atoms with Gasteiger partial charge in [0.25, 0.3) is 11.8 Å². The van der Waals surface area contributed by atoms with Crippen LogP contribution < -0.4 is 0 Å². The van der Waals surface area contributed by atoms with Crippen LogP contribution in [0.2, 0.25) is 0 Å². The number of benzene rings is 2. The molecule has 2 aromatic carbocycles. The first kappa shape index (κ1) is 18.6. The van der Waals surface area contributed by atoms with Crippen LogP contribution in [0.4, 0.5) is 0 Å². The Labute approximate surface area is 156 Å². The molecule has 0 aliphatic carbocycles. The van der Waals surface area contributed by atoms with Crippen LogP contribution in [0.1, 0.15) is 85.4 Å². The third-order valence-electron chi connectivity index (χ3n) is 5.34. The molecule has 0 unspecified atom stereocenters. The first-order valence-corrected chi connectivity index (χ1v) is 10.1. The number of carbonyl (C=O) groups is 2. The Bertz CT molecular complexity index is 730. The van der Waals surface area contributed by atoms with Gasteiger partial charge in [0.2, 0.25) is 0 Å². The van der Waals surface area contributed by atoms with Crippen LogP contribution in [-0.4, -0.2) is 23.3 Å². The third kappa shape index (κ3) is 3.98. The van der Waals surface area contributed by atoms with Gasteiger partial charge < -0.3 is 0 Å². The topological polar surface area (TPSA) is 37.4 Å². The molecule has 138 valence electrons. The van der Waals surface area contributed by atoms with E-state index in [4.69, 9.17) is 0 Å². The summed E-state index contributed by atoms with van der Waals surface area (Å²) in [6, 6.07) is 11.4. The SMILES string of the molecule is CCCCCCCCCCCN1C(=O)c2cccc3cccc(c23)C1=O. The van der Waals surface area contributed by atoms with E-state index < -0.39 is 0 Å². The molecule has 0 saturated heterocycles. The van der Waals surface area contributed by atoms with E-state index in [-0.39, 0.29) is 11.8 Å². The minimum atomic E-state index is -0.140. The van der Waals surface area contributed by atoms with E-state index >= 15 is 0 Å². The van der Waals surface area contributed by atoms with Gasteiger partial charge in [-0.1, -0.05) is 82.6 Å². The molecule has 0 radical (unpaired) electrons. The fourth-order valence-electron chi connectivity index (χ4n) is 3.86. The number of unbranched alkanes of at least 4 members (excludes halogenated alkanes) is 8. The van der Waals surface area contributed by atoms with Crippen molar-refractivity contribution in [1.29, 1.82) is 0 Å². The zero-order valence-corrected chi connectivity index (χ0v) is 15.8. The minimum absolute atomic E-state index is 0.140. The quantitative estimate of drug-likeness (QED) is 0.391. The van der Waals surface area contributed by atoms with Crippen molar-refractivity contribution in [2.45, 2.75) is 64.7 Å². The van der Waals surface area contributed by atoms with Crippen molar-refractivity contribution in [3.05, 3.63) is 47.5 Å². The molecule has 1 heterocycles. The Morgan fingerprint density at radius 3 is 1.73 bits per heavy atom. The number of hydrogen-bond acceptors (Lipinski definition) is 2. The lowest BCUT2D eigenvalue weighted by molar-refractivity contribution is 0.0607.